The van der Waals surface area contributed by atoms with E-state index in [2.05, 4.69) is 17.1 Å². The molecular weight excluding hydrogens is 448 g/mol. The average Bonchev–Trinajstić information content (AvgIpc) is 3.58. The Kier molecular flexibility index (Phi) is 6.07. The molecule has 0 unspecified atom stereocenters. The van der Waals surface area contributed by atoms with Gasteiger partial charge in [-0.1, -0.05) is 13.3 Å². The molecule has 0 fully saturated rings. The summed E-state index contributed by atoms with van der Waals surface area (Å²) in [7, 11) is 0. The maximum absolute atomic E-state index is 13.7. The Hall–Kier alpha value is -4.01. The van der Waals surface area contributed by atoms with E-state index in [-0.39, 0.29) is 30.4 Å². The summed E-state index contributed by atoms with van der Waals surface area (Å²) < 4.78 is 12.5. The number of nitrogens with two attached hydrogens (primary N) is 1. The number of benzene rings is 1. The van der Waals surface area contributed by atoms with Crippen molar-refractivity contribution in [3.8, 4) is 0 Å². The summed E-state index contributed by atoms with van der Waals surface area (Å²) in [4.78, 5) is 42.6. The lowest BCUT2D eigenvalue weighted by Gasteiger charge is -2.23. The monoisotopic (exact) mass is 476 g/mol. The lowest BCUT2D eigenvalue weighted by atomic mass is 10.0. The van der Waals surface area contributed by atoms with Gasteiger partial charge in [-0.05, 0) is 61.1 Å². The largest absolute Gasteiger partial charge is 0.467 e. The van der Waals surface area contributed by atoms with Crippen molar-refractivity contribution in [2.75, 3.05) is 10.6 Å². The summed E-state index contributed by atoms with van der Waals surface area (Å²) >= 11 is 0. The second kappa shape index (κ2) is 9.32. The van der Waals surface area contributed by atoms with E-state index in [4.69, 9.17) is 14.6 Å². The lowest BCUT2D eigenvalue weighted by molar-refractivity contribution is -0.118. The molecule has 3 N–H and O–H groups in total. The van der Waals surface area contributed by atoms with Crippen molar-refractivity contribution >= 4 is 28.4 Å². The minimum Gasteiger partial charge on any atom is -0.467 e. The summed E-state index contributed by atoms with van der Waals surface area (Å²) in [5.41, 5.74) is 9.01. The molecule has 1 aliphatic rings. The van der Waals surface area contributed by atoms with Crippen molar-refractivity contribution in [3.05, 3.63) is 80.1 Å². The summed E-state index contributed by atoms with van der Waals surface area (Å²) in [6.45, 7) is 2.33. The molecule has 0 atom stereocenters. The zero-order valence-corrected chi connectivity index (χ0v) is 19.6. The van der Waals surface area contributed by atoms with Crippen LogP contribution in [0.4, 0.5) is 11.5 Å². The highest BCUT2D eigenvalue weighted by molar-refractivity contribution is 5.99. The van der Waals surface area contributed by atoms with Crippen LogP contribution < -0.4 is 21.9 Å². The SMILES string of the molecule is CCCCn1c(N)c(N(Cc2ccco2)C(=O)Cc2coc3cc4c(cc23)CCC4)c(=O)[nH]c1=O. The number of hydrogen-bond donors (Lipinski definition) is 2. The van der Waals surface area contributed by atoms with Crippen LogP contribution in [0, 0.1) is 0 Å². The standard InChI is InChI=1S/C26H28N4O5/c1-2-3-9-29-24(27)23(25(32)28-26(29)33)30(14-19-8-5-10-34-19)22(31)13-18-15-35-21-12-17-7-4-6-16(17)11-20(18)21/h5,8,10-12,15H,2-4,6-7,9,13-14,27H2,1H3,(H,28,32,33). The van der Waals surface area contributed by atoms with Gasteiger partial charge >= 0.3 is 5.69 Å². The quantitative estimate of drug-likeness (QED) is 0.401. The maximum Gasteiger partial charge on any atom is 0.330 e. The van der Waals surface area contributed by atoms with Crippen molar-refractivity contribution in [1.82, 2.24) is 9.55 Å². The highest BCUT2D eigenvalue weighted by Gasteiger charge is 2.27. The van der Waals surface area contributed by atoms with E-state index in [9.17, 15) is 14.4 Å². The van der Waals surface area contributed by atoms with Crippen LogP contribution in [0.1, 0.15) is 48.6 Å². The molecule has 0 radical (unpaired) electrons. The Morgan fingerprint density at radius 2 is 2.00 bits per heavy atom. The number of aromatic amines is 1. The summed E-state index contributed by atoms with van der Waals surface area (Å²) in [5, 5.41) is 0.895. The number of nitrogens with zero attached hydrogens (tertiary/aromatic N) is 2. The van der Waals surface area contributed by atoms with Gasteiger partial charge in [0.05, 0.1) is 25.5 Å². The molecular formula is C26H28N4O5. The Morgan fingerprint density at radius 3 is 2.74 bits per heavy atom. The molecule has 0 bridgehead atoms. The second-order valence-corrected chi connectivity index (χ2v) is 8.97. The number of aromatic nitrogens is 2. The molecule has 182 valence electrons. The van der Waals surface area contributed by atoms with Crippen LogP contribution in [0.5, 0.6) is 0 Å². The molecule has 3 heterocycles. The molecule has 1 amide bonds. The van der Waals surface area contributed by atoms with Gasteiger partial charge in [-0.3, -0.25) is 24.0 Å². The number of unbranched alkanes of at least 4 members (excludes halogenated alkanes) is 1. The molecule has 0 saturated heterocycles. The molecule has 9 heteroatoms. The van der Waals surface area contributed by atoms with E-state index in [1.807, 2.05) is 6.92 Å². The summed E-state index contributed by atoms with van der Waals surface area (Å²) in [5.74, 6) is 0.0859. The number of amides is 1. The van der Waals surface area contributed by atoms with Gasteiger partial charge in [0.1, 0.15) is 17.2 Å². The van der Waals surface area contributed by atoms with E-state index in [0.717, 1.165) is 42.2 Å². The van der Waals surface area contributed by atoms with Gasteiger partial charge in [-0.2, -0.15) is 0 Å². The number of carbonyl (C=O) groups excluding carboxylic acids is 1. The first-order valence-corrected chi connectivity index (χ1v) is 11.9. The van der Waals surface area contributed by atoms with Gasteiger partial charge < -0.3 is 14.6 Å². The molecule has 1 aromatic carbocycles. The van der Waals surface area contributed by atoms with Gasteiger partial charge in [0.2, 0.25) is 5.91 Å². The van der Waals surface area contributed by atoms with E-state index >= 15 is 0 Å². The van der Waals surface area contributed by atoms with E-state index in [1.54, 1.807) is 18.4 Å². The van der Waals surface area contributed by atoms with Gasteiger partial charge in [0, 0.05) is 17.5 Å². The molecule has 4 aromatic rings. The first kappa shape index (κ1) is 22.8. The van der Waals surface area contributed by atoms with E-state index < -0.39 is 11.2 Å². The van der Waals surface area contributed by atoms with Crippen LogP contribution in [-0.2, 0) is 37.1 Å². The Bertz CT molecular complexity index is 1490. The fraction of sp³-hybridized carbons (Fsp3) is 0.346. The first-order chi connectivity index (χ1) is 17.0. The number of carbonyl (C=O) groups is 1. The number of rotatable bonds is 8. The smallest absolute Gasteiger partial charge is 0.330 e. The lowest BCUT2D eigenvalue weighted by Crippen LogP contribution is -2.41. The number of nitrogen functional groups attached to an aromatic ring is 1. The molecule has 1 aliphatic carbocycles. The predicted octanol–water partition coefficient (Wildman–Crippen LogP) is 3.52. The fourth-order valence-electron chi connectivity index (χ4n) is 4.77. The Labute approximate surface area is 201 Å². The Balaban J connectivity index is 1.54. The van der Waals surface area contributed by atoms with E-state index in [1.165, 1.54) is 26.9 Å². The molecule has 35 heavy (non-hydrogen) atoms. The number of fused-ring (bicyclic) bond motifs is 2. The fourth-order valence-corrected chi connectivity index (χ4v) is 4.77. The van der Waals surface area contributed by atoms with Crippen molar-refractivity contribution in [2.24, 2.45) is 0 Å². The number of H-pyrrole nitrogens is 1. The zero-order valence-electron chi connectivity index (χ0n) is 19.6. The zero-order chi connectivity index (χ0) is 24.5. The molecule has 9 nitrogen and oxygen atoms in total. The predicted molar refractivity (Wildman–Crippen MR) is 132 cm³/mol. The van der Waals surface area contributed by atoms with E-state index in [0.29, 0.717) is 18.7 Å². The van der Waals surface area contributed by atoms with Gasteiger partial charge in [0.25, 0.3) is 5.56 Å². The molecule has 0 saturated carbocycles. The minimum atomic E-state index is -0.713. The van der Waals surface area contributed by atoms with Crippen LogP contribution in [0.2, 0.25) is 0 Å². The van der Waals surface area contributed by atoms with Crippen molar-refractivity contribution < 1.29 is 13.6 Å². The molecule has 5 rings (SSSR count). The van der Waals surface area contributed by atoms with Crippen molar-refractivity contribution in [2.45, 2.75) is 58.5 Å². The van der Waals surface area contributed by atoms with Crippen LogP contribution in [0.15, 0.2) is 55.2 Å². The van der Waals surface area contributed by atoms with Crippen LogP contribution in [0.25, 0.3) is 11.0 Å². The van der Waals surface area contributed by atoms with Crippen LogP contribution >= 0.6 is 0 Å². The number of nitrogens with one attached hydrogen (secondary N) is 1. The van der Waals surface area contributed by atoms with Crippen LogP contribution in [-0.4, -0.2) is 15.5 Å². The van der Waals surface area contributed by atoms with Gasteiger partial charge in [0.15, 0.2) is 5.69 Å². The second-order valence-electron chi connectivity index (χ2n) is 8.97. The van der Waals surface area contributed by atoms with Crippen LogP contribution in [0.3, 0.4) is 0 Å². The Morgan fingerprint density at radius 1 is 1.20 bits per heavy atom. The molecule has 0 aliphatic heterocycles. The average molecular weight is 477 g/mol. The third-order valence-electron chi connectivity index (χ3n) is 6.62. The van der Waals surface area contributed by atoms with Gasteiger partial charge in [-0.15, -0.1) is 0 Å². The highest BCUT2D eigenvalue weighted by Crippen LogP contribution is 2.31. The first-order valence-electron chi connectivity index (χ1n) is 11.9. The van der Waals surface area contributed by atoms with Crippen molar-refractivity contribution in [3.63, 3.8) is 0 Å². The number of furan rings is 2. The third kappa shape index (κ3) is 4.29. The summed E-state index contributed by atoms with van der Waals surface area (Å²) in [6, 6.07) is 7.58. The third-order valence-corrected chi connectivity index (χ3v) is 6.62. The normalized spacial score (nSPS) is 12.8. The van der Waals surface area contributed by atoms with Crippen molar-refractivity contribution in [1.29, 1.82) is 0 Å². The minimum absolute atomic E-state index is 0.000534. The van der Waals surface area contributed by atoms with Gasteiger partial charge in [-0.25, -0.2) is 4.79 Å². The number of aryl methyl sites for hydroxylation is 2. The summed E-state index contributed by atoms with van der Waals surface area (Å²) in [6.07, 6.45) is 7.80. The topological polar surface area (TPSA) is 127 Å². The molecule has 3 aromatic heterocycles. The highest BCUT2D eigenvalue weighted by atomic mass is 16.3. The number of anilines is 2. The number of hydrogen-bond acceptors (Lipinski definition) is 6. The maximum atomic E-state index is 13.7. The molecule has 0 spiro atoms.